The standard InChI is InChI=1S/C28H46N4O7/c1-7-38-23(33)12-11-20(17-19-13-14-29-24(19)34)30-25(35)22(16-18(2)3)32-15-9-8-10-21(26(32)36)31-27(37)39-28(4,5)6/h11-12,18-22H,7-10,13-17H2,1-6H3,(H,29,34)(H,30,35)(H,31,37)/b12-11+/t19?,20-,21?,22+/m1/s1. The molecule has 0 spiro atoms. The number of carbonyl (C=O) groups excluding carboxylic acids is 5. The zero-order chi connectivity index (χ0) is 29.2. The Kier molecular flexibility index (Phi) is 12.3. The van der Waals surface area contributed by atoms with Gasteiger partial charge in [-0.25, -0.2) is 9.59 Å². The molecule has 2 heterocycles. The fourth-order valence-corrected chi connectivity index (χ4v) is 4.81. The van der Waals surface area contributed by atoms with Crippen LogP contribution in [-0.2, 0) is 28.7 Å². The van der Waals surface area contributed by atoms with Gasteiger partial charge in [-0.1, -0.05) is 19.9 Å². The van der Waals surface area contributed by atoms with Crippen LogP contribution in [-0.4, -0.2) is 78.1 Å². The van der Waals surface area contributed by atoms with Gasteiger partial charge in [-0.15, -0.1) is 0 Å². The fraction of sp³-hybridized carbons (Fsp3) is 0.750. The lowest BCUT2D eigenvalue weighted by Gasteiger charge is -2.34. The highest BCUT2D eigenvalue weighted by Gasteiger charge is 2.37. The van der Waals surface area contributed by atoms with Crippen molar-refractivity contribution in [3.63, 3.8) is 0 Å². The quantitative estimate of drug-likeness (QED) is 0.265. The summed E-state index contributed by atoms with van der Waals surface area (Å²) in [7, 11) is 0. The summed E-state index contributed by atoms with van der Waals surface area (Å²) in [6.07, 6.45) is 5.35. The van der Waals surface area contributed by atoms with Crippen molar-refractivity contribution in [2.45, 2.75) is 104 Å². The van der Waals surface area contributed by atoms with E-state index in [4.69, 9.17) is 9.47 Å². The first kappa shape index (κ1) is 32.1. The van der Waals surface area contributed by atoms with Gasteiger partial charge < -0.3 is 30.3 Å². The molecule has 11 heteroatoms. The third-order valence-electron chi connectivity index (χ3n) is 6.57. The molecule has 2 aliphatic heterocycles. The molecule has 0 aromatic heterocycles. The van der Waals surface area contributed by atoms with Crippen molar-refractivity contribution in [2.24, 2.45) is 11.8 Å². The second kappa shape index (κ2) is 14.9. The van der Waals surface area contributed by atoms with Crippen LogP contribution in [0.3, 0.4) is 0 Å². The number of esters is 1. The van der Waals surface area contributed by atoms with E-state index in [1.54, 1.807) is 38.7 Å². The maximum absolute atomic E-state index is 13.7. The first-order valence-electron chi connectivity index (χ1n) is 14.0. The molecule has 0 radical (unpaired) electrons. The molecule has 2 aliphatic rings. The number of carbonyl (C=O) groups is 5. The van der Waals surface area contributed by atoms with Crippen LogP contribution < -0.4 is 16.0 Å². The summed E-state index contributed by atoms with van der Waals surface area (Å²) in [6, 6.07) is -2.19. The first-order valence-corrected chi connectivity index (χ1v) is 14.0. The summed E-state index contributed by atoms with van der Waals surface area (Å²) in [5.41, 5.74) is -0.708. The molecule has 2 fully saturated rings. The molecule has 3 N–H and O–H groups in total. The van der Waals surface area contributed by atoms with Crippen LogP contribution in [0.1, 0.15) is 80.1 Å². The largest absolute Gasteiger partial charge is 0.463 e. The number of hydrogen-bond donors (Lipinski definition) is 3. The average Bonchev–Trinajstić information content (AvgIpc) is 3.14. The van der Waals surface area contributed by atoms with Crippen LogP contribution in [0, 0.1) is 11.8 Å². The van der Waals surface area contributed by atoms with Gasteiger partial charge in [0.05, 0.1) is 6.61 Å². The molecule has 0 aromatic rings. The van der Waals surface area contributed by atoms with E-state index in [0.29, 0.717) is 51.6 Å². The molecule has 0 aliphatic carbocycles. The molecule has 4 atom stereocenters. The predicted octanol–water partition coefficient (Wildman–Crippen LogP) is 2.44. The van der Waals surface area contributed by atoms with Gasteiger partial charge in [0.25, 0.3) is 0 Å². The maximum atomic E-state index is 13.7. The van der Waals surface area contributed by atoms with Crippen LogP contribution in [0.2, 0.25) is 0 Å². The molecule has 11 nitrogen and oxygen atoms in total. The fourth-order valence-electron chi connectivity index (χ4n) is 4.81. The van der Waals surface area contributed by atoms with Gasteiger partial charge in [-0.05, 0) is 72.1 Å². The molecule has 220 valence electrons. The predicted molar refractivity (Wildman–Crippen MR) is 145 cm³/mol. The lowest BCUT2D eigenvalue weighted by molar-refractivity contribution is -0.142. The third kappa shape index (κ3) is 10.9. The topological polar surface area (TPSA) is 143 Å². The number of ether oxygens (including phenoxy) is 2. The Labute approximate surface area is 231 Å². The maximum Gasteiger partial charge on any atom is 0.408 e. The molecular weight excluding hydrogens is 504 g/mol. The summed E-state index contributed by atoms with van der Waals surface area (Å²) in [5.74, 6) is -1.52. The van der Waals surface area contributed by atoms with Crippen molar-refractivity contribution in [1.29, 1.82) is 0 Å². The highest BCUT2D eigenvalue weighted by Crippen LogP contribution is 2.22. The third-order valence-corrected chi connectivity index (χ3v) is 6.57. The van der Waals surface area contributed by atoms with E-state index >= 15 is 0 Å². The van der Waals surface area contributed by atoms with Gasteiger partial charge >= 0.3 is 12.1 Å². The van der Waals surface area contributed by atoms with E-state index in [1.165, 1.54) is 6.08 Å². The number of alkyl carbamates (subject to hydrolysis) is 1. The molecule has 0 bridgehead atoms. The summed E-state index contributed by atoms with van der Waals surface area (Å²) >= 11 is 0. The van der Waals surface area contributed by atoms with Gasteiger partial charge in [-0.3, -0.25) is 14.4 Å². The summed E-state index contributed by atoms with van der Waals surface area (Å²) in [6.45, 7) is 12.1. The van der Waals surface area contributed by atoms with Crippen molar-refractivity contribution in [3.8, 4) is 0 Å². The minimum Gasteiger partial charge on any atom is -0.463 e. The van der Waals surface area contributed by atoms with Gasteiger partial charge in [0.2, 0.25) is 17.7 Å². The molecule has 0 aromatic carbocycles. The second-order valence-electron chi connectivity index (χ2n) is 11.6. The summed E-state index contributed by atoms with van der Waals surface area (Å²) in [4.78, 5) is 65.5. The monoisotopic (exact) mass is 550 g/mol. The Bertz CT molecular complexity index is 912. The number of amides is 4. The Morgan fingerprint density at radius 3 is 2.46 bits per heavy atom. The van der Waals surface area contributed by atoms with E-state index in [2.05, 4.69) is 16.0 Å². The van der Waals surface area contributed by atoms with Gasteiger partial charge in [0.1, 0.15) is 17.7 Å². The average molecular weight is 551 g/mol. The van der Waals surface area contributed by atoms with Crippen LogP contribution in [0.5, 0.6) is 0 Å². The number of hydrogen-bond acceptors (Lipinski definition) is 7. The van der Waals surface area contributed by atoms with E-state index in [0.717, 1.165) is 0 Å². The van der Waals surface area contributed by atoms with Crippen LogP contribution in [0.15, 0.2) is 12.2 Å². The van der Waals surface area contributed by atoms with Crippen molar-refractivity contribution < 1.29 is 33.4 Å². The number of nitrogens with one attached hydrogen (secondary N) is 3. The molecule has 2 unspecified atom stereocenters. The summed E-state index contributed by atoms with van der Waals surface area (Å²) in [5, 5.41) is 8.46. The Hall–Kier alpha value is -3.11. The molecule has 2 rings (SSSR count). The first-order chi connectivity index (χ1) is 18.3. The number of nitrogens with zero attached hydrogens (tertiary/aromatic N) is 1. The second-order valence-corrected chi connectivity index (χ2v) is 11.6. The zero-order valence-electron chi connectivity index (χ0n) is 24.2. The van der Waals surface area contributed by atoms with E-state index in [-0.39, 0.29) is 36.2 Å². The van der Waals surface area contributed by atoms with Crippen LogP contribution in [0.25, 0.3) is 0 Å². The minimum atomic E-state index is -0.800. The molecule has 4 amide bonds. The van der Waals surface area contributed by atoms with Crippen molar-refractivity contribution >= 4 is 29.8 Å². The molecule has 39 heavy (non-hydrogen) atoms. The van der Waals surface area contributed by atoms with Crippen molar-refractivity contribution in [3.05, 3.63) is 12.2 Å². The van der Waals surface area contributed by atoms with E-state index < -0.39 is 35.8 Å². The van der Waals surface area contributed by atoms with E-state index in [9.17, 15) is 24.0 Å². The lowest BCUT2D eigenvalue weighted by Crippen LogP contribution is -2.56. The number of likely N-dealkylation sites (tertiary alicyclic amines) is 1. The molecule has 2 saturated heterocycles. The molecule has 0 saturated carbocycles. The highest BCUT2D eigenvalue weighted by molar-refractivity contribution is 5.92. The smallest absolute Gasteiger partial charge is 0.408 e. The van der Waals surface area contributed by atoms with Crippen molar-refractivity contribution in [1.82, 2.24) is 20.9 Å². The van der Waals surface area contributed by atoms with Gasteiger partial charge in [0, 0.05) is 31.1 Å². The lowest BCUT2D eigenvalue weighted by atomic mass is 9.96. The molecular formula is C28H46N4O7. The summed E-state index contributed by atoms with van der Waals surface area (Å²) < 4.78 is 10.3. The van der Waals surface area contributed by atoms with Gasteiger partial charge in [-0.2, -0.15) is 0 Å². The van der Waals surface area contributed by atoms with E-state index in [1.807, 2.05) is 13.8 Å². The van der Waals surface area contributed by atoms with Crippen LogP contribution in [0.4, 0.5) is 4.79 Å². The Balaban J connectivity index is 2.24. The minimum absolute atomic E-state index is 0.0868. The Morgan fingerprint density at radius 1 is 1.15 bits per heavy atom. The normalized spacial score (nSPS) is 21.8. The Morgan fingerprint density at radius 2 is 1.87 bits per heavy atom. The van der Waals surface area contributed by atoms with Gasteiger partial charge in [0.15, 0.2) is 0 Å². The zero-order valence-corrected chi connectivity index (χ0v) is 24.2. The highest BCUT2D eigenvalue weighted by atomic mass is 16.6. The SMILES string of the molecule is CCOC(=O)/C=C/[C@H](CC1CCNC1=O)NC(=O)[C@H](CC(C)C)N1CCCCC(NC(=O)OC(C)(C)C)C1=O. The van der Waals surface area contributed by atoms with Crippen molar-refractivity contribution in [2.75, 3.05) is 19.7 Å². The number of rotatable bonds is 11. The van der Waals surface area contributed by atoms with Crippen LogP contribution >= 0.6 is 0 Å².